The van der Waals surface area contributed by atoms with E-state index in [1.54, 1.807) is 0 Å². The minimum Gasteiger partial charge on any atom is -0.374 e. The van der Waals surface area contributed by atoms with E-state index in [1.165, 1.54) is 22.3 Å². The van der Waals surface area contributed by atoms with E-state index in [9.17, 15) is 0 Å². The number of hydrogen-bond donors (Lipinski definition) is 0. The van der Waals surface area contributed by atoms with Crippen LogP contribution in [0.2, 0.25) is 0 Å². The van der Waals surface area contributed by atoms with E-state index in [0.717, 1.165) is 0 Å². The van der Waals surface area contributed by atoms with Crippen molar-refractivity contribution in [3.05, 3.63) is 59.7 Å². The molecule has 1 aliphatic rings. The van der Waals surface area contributed by atoms with Gasteiger partial charge in [0.15, 0.2) is 0 Å². The topological polar surface area (TPSA) is 18.5 Å². The van der Waals surface area contributed by atoms with Crippen LogP contribution in [0.1, 0.15) is 52.7 Å². The molecule has 1 aliphatic carbocycles. The van der Waals surface area contributed by atoms with Crippen LogP contribution in [0.3, 0.4) is 0 Å². The maximum Gasteiger partial charge on any atom is 0.0682 e. The number of rotatable bonds is 4. The molecule has 0 aromatic heterocycles. The van der Waals surface area contributed by atoms with Crippen LogP contribution in [0, 0.1) is 0 Å². The van der Waals surface area contributed by atoms with Crippen LogP contribution in [0.15, 0.2) is 48.5 Å². The summed E-state index contributed by atoms with van der Waals surface area (Å²) in [6, 6.07) is 17.3. The van der Waals surface area contributed by atoms with Gasteiger partial charge in [0.05, 0.1) is 29.8 Å². The molecule has 0 spiro atoms. The minimum absolute atomic E-state index is 0.193. The van der Waals surface area contributed by atoms with Gasteiger partial charge in [-0.3, -0.25) is 0 Å². The zero-order chi connectivity index (χ0) is 18.3. The van der Waals surface area contributed by atoms with Gasteiger partial charge in [-0.25, -0.2) is 0 Å². The average Bonchev–Trinajstić information content (AvgIpc) is 2.81. The van der Waals surface area contributed by atoms with Crippen molar-refractivity contribution in [1.29, 1.82) is 0 Å². The molecule has 0 unspecified atom stereocenters. The lowest BCUT2D eigenvalue weighted by atomic mass is 9.79. The highest BCUT2D eigenvalue weighted by Gasteiger charge is 2.45. The third-order valence-electron chi connectivity index (χ3n) is 4.68. The van der Waals surface area contributed by atoms with Gasteiger partial charge in [0, 0.05) is 0 Å². The lowest BCUT2D eigenvalue weighted by Gasteiger charge is -2.36. The van der Waals surface area contributed by atoms with E-state index in [2.05, 4.69) is 90.1 Å². The first-order chi connectivity index (χ1) is 11.6. The average molecular weight is 338 g/mol. The van der Waals surface area contributed by atoms with Crippen molar-refractivity contribution in [3.63, 3.8) is 0 Å². The molecule has 0 amide bonds. The smallest absolute Gasteiger partial charge is 0.0682 e. The Kier molecular flexibility index (Phi) is 4.55. The maximum absolute atomic E-state index is 6.32. The van der Waals surface area contributed by atoms with Gasteiger partial charge in [-0.1, -0.05) is 48.5 Å². The summed E-state index contributed by atoms with van der Waals surface area (Å²) in [5.74, 6) is 0. The summed E-state index contributed by atoms with van der Waals surface area (Å²) in [4.78, 5) is 0. The normalized spacial score (nSPS) is 15.8. The van der Waals surface area contributed by atoms with Gasteiger partial charge in [0.2, 0.25) is 0 Å². The van der Waals surface area contributed by atoms with Crippen molar-refractivity contribution in [1.82, 2.24) is 0 Å². The van der Waals surface area contributed by atoms with Crippen LogP contribution in [-0.2, 0) is 14.9 Å². The van der Waals surface area contributed by atoms with Gasteiger partial charge in [0.1, 0.15) is 0 Å². The van der Waals surface area contributed by atoms with Gasteiger partial charge in [-0.15, -0.1) is 0 Å². The molecule has 0 radical (unpaired) electrons. The largest absolute Gasteiger partial charge is 0.374 e. The molecular formula is C23H30O2. The Morgan fingerprint density at radius 2 is 1.00 bits per heavy atom. The molecule has 2 aromatic rings. The van der Waals surface area contributed by atoms with Gasteiger partial charge in [0.25, 0.3) is 0 Å². The van der Waals surface area contributed by atoms with E-state index < -0.39 is 0 Å². The summed E-state index contributed by atoms with van der Waals surface area (Å²) >= 11 is 0. The maximum atomic E-state index is 6.32. The molecule has 2 aromatic carbocycles. The van der Waals surface area contributed by atoms with Crippen molar-refractivity contribution in [2.45, 2.75) is 58.2 Å². The molecule has 134 valence electrons. The van der Waals surface area contributed by atoms with Crippen LogP contribution < -0.4 is 0 Å². The SMILES string of the molecule is CC(C)(C)OCC1(COC(C)(C)C)c2ccccc2-c2ccccc21. The van der Waals surface area contributed by atoms with E-state index in [-0.39, 0.29) is 16.6 Å². The monoisotopic (exact) mass is 338 g/mol. The molecule has 0 atom stereocenters. The molecule has 2 nitrogen and oxygen atoms in total. The fourth-order valence-corrected chi connectivity index (χ4v) is 3.45. The Hall–Kier alpha value is -1.64. The summed E-state index contributed by atoms with van der Waals surface area (Å²) in [6.45, 7) is 13.9. The Morgan fingerprint density at radius 1 is 0.640 bits per heavy atom. The molecule has 2 heteroatoms. The number of hydrogen-bond acceptors (Lipinski definition) is 2. The molecule has 0 heterocycles. The molecule has 0 aliphatic heterocycles. The Bertz CT molecular complexity index is 682. The van der Waals surface area contributed by atoms with Crippen molar-refractivity contribution >= 4 is 0 Å². The van der Waals surface area contributed by atoms with E-state index in [0.29, 0.717) is 13.2 Å². The van der Waals surface area contributed by atoms with E-state index in [1.807, 2.05) is 0 Å². The molecule has 0 fully saturated rings. The Balaban J connectivity index is 2.12. The lowest BCUT2D eigenvalue weighted by molar-refractivity contribution is -0.0691. The highest BCUT2D eigenvalue weighted by atomic mass is 16.5. The van der Waals surface area contributed by atoms with Gasteiger partial charge >= 0.3 is 0 Å². The summed E-state index contributed by atoms with van der Waals surface area (Å²) in [5, 5.41) is 0. The molecule has 0 bridgehead atoms. The quantitative estimate of drug-likeness (QED) is 0.724. The molecule has 25 heavy (non-hydrogen) atoms. The first-order valence-corrected chi connectivity index (χ1v) is 9.10. The first-order valence-electron chi connectivity index (χ1n) is 9.10. The first kappa shape index (κ1) is 18.2. The Labute approximate surface area is 152 Å². The highest BCUT2D eigenvalue weighted by Crippen LogP contribution is 2.49. The summed E-state index contributed by atoms with van der Waals surface area (Å²) < 4.78 is 12.6. The van der Waals surface area contributed by atoms with Crippen LogP contribution in [-0.4, -0.2) is 24.4 Å². The Morgan fingerprint density at radius 3 is 1.36 bits per heavy atom. The fraction of sp³-hybridized carbons (Fsp3) is 0.478. The van der Waals surface area contributed by atoms with Crippen LogP contribution >= 0.6 is 0 Å². The van der Waals surface area contributed by atoms with Crippen LogP contribution in [0.5, 0.6) is 0 Å². The van der Waals surface area contributed by atoms with Crippen molar-refractivity contribution in [3.8, 4) is 11.1 Å². The zero-order valence-corrected chi connectivity index (χ0v) is 16.3. The molecular weight excluding hydrogens is 308 g/mol. The number of benzene rings is 2. The predicted octanol–water partition coefficient (Wildman–Crippen LogP) is 5.58. The molecule has 0 saturated carbocycles. The van der Waals surface area contributed by atoms with Crippen molar-refractivity contribution in [2.24, 2.45) is 0 Å². The molecule has 0 N–H and O–H groups in total. The van der Waals surface area contributed by atoms with Crippen LogP contribution in [0.4, 0.5) is 0 Å². The zero-order valence-electron chi connectivity index (χ0n) is 16.3. The second-order valence-electron chi connectivity index (χ2n) is 8.98. The van der Waals surface area contributed by atoms with Gasteiger partial charge in [-0.2, -0.15) is 0 Å². The highest BCUT2D eigenvalue weighted by molar-refractivity contribution is 5.81. The third kappa shape index (κ3) is 3.65. The van der Waals surface area contributed by atoms with Crippen LogP contribution in [0.25, 0.3) is 11.1 Å². The summed E-state index contributed by atoms with van der Waals surface area (Å²) in [7, 11) is 0. The van der Waals surface area contributed by atoms with E-state index >= 15 is 0 Å². The van der Waals surface area contributed by atoms with E-state index in [4.69, 9.17) is 9.47 Å². The van der Waals surface area contributed by atoms with Gasteiger partial charge < -0.3 is 9.47 Å². The summed E-state index contributed by atoms with van der Waals surface area (Å²) in [6.07, 6.45) is 0. The standard InChI is InChI=1S/C23H30O2/c1-21(2,3)24-15-23(16-25-22(4,5)6)19-13-9-7-11-17(19)18-12-8-10-14-20(18)23/h7-14H,15-16H2,1-6H3. The van der Waals surface area contributed by atoms with Crippen molar-refractivity contribution < 1.29 is 9.47 Å². The van der Waals surface area contributed by atoms with Crippen molar-refractivity contribution in [2.75, 3.05) is 13.2 Å². The molecule has 3 rings (SSSR count). The fourth-order valence-electron chi connectivity index (χ4n) is 3.45. The second kappa shape index (κ2) is 6.26. The lowest BCUT2D eigenvalue weighted by Crippen LogP contribution is -2.41. The molecule has 0 saturated heterocycles. The summed E-state index contributed by atoms with van der Waals surface area (Å²) in [5.41, 5.74) is 4.56. The second-order valence-corrected chi connectivity index (χ2v) is 8.98. The van der Waals surface area contributed by atoms with Gasteiger partial charge in [-0.05, 0) is 63.8 Å². The number of fused-ring (bicyclic) bond motifs is 3. The third-order valence-corrected chi connectivity index (χ3v) is 4.68. The predicted molar refractivity (Wildman–Crippen MR) is 104 cm³/mol. The minimum atomic E-state index is -0.270. The number of ether oxygens (including phenoxy) is 2.